The lowest BCUT2D eigenvalue weighted by Crippen LogP contribution is -2.15. The molecule has 0 unspecified atom stereocenters. The van der Waals surface area contributed by atoms with E-state index in [4.69, 9.17) is 0 Å². The molecule has 0 atom stereocenters. The van der Waals surface area contributed by atoms with Crippen LogP contribution >= 0.6 is 0 Å². The average Bonchev–Trinajstić information content (AvgIpc) is 3.03. The fraction of sp³-hybridized carbons (Fsp3) is 0.0625. The van der Waals surface area contributed by atoms with E-state index < -0.39 is 15.8 Å². The zero-order chi connectivity index (χ0) is 16.3. The Labute approximate surface area is 133 Å². The molecule has 0 spiro atoms. The van der Waals surface area contributed by atoms with Crippen LogP contribution in [0.25, 0.3) is 11.3 Å². The van der Waals surface area contributed by atoms with Crippen molar-refractivity contribution in [3.63, 3.8) is 0 Å². The van der Waals surface area contributed by atoms with Gasteiger partial charge in [-0.15, -0.1) is 0 Å². The van der Waals surface area contributed by atoms with Gasteiger partial charge in [0.1, 0.15) is 5.82 Å². The number of halogens is 1. The van der Waals surface area contributed by atoms with Crippen molar-refractivity contribution in [3.8, 4) is 11.3 Å². The molecule has 118 valence electrons. The maximum Gasteiger partial charge on any atom is 0.236 e. The smallest absolute Gasteiger partial charge is 0.236 e. The first-order valence-electron chi connectivity index (χ1n) is 6.87. The Kier molecular flexibility index (Phi) is 4.12. The molecule has 23 heavy (non-hydrogen) atoms. The van der Waals surface area contributed by atoms with E-state index in [2.05, 4.69) is 14.9 Å². The van der Waals surface area contributed by atoms with Crippen molar-refractivity contribution >= 4 is 15.7 Å². The number of sulfonamides is 1. The molecule has 0 amide bonds. The molecule has 0 aliphatic carbocycles. The topological polar surface area (TPSA) is 74.8 Å². The Morgan fingerprint density at radius 1 is 1.09 bits per heavy atom. The largest absolute Gasteiger partial charge is 0.283 e. The molecule has 7 heteroatoms. The van der Waals surface area contributed by atoms with Crippen molar-refractivity contribution in [2.24, 2.45) is 0 Å². The Morgan fingerprint density at radius 2 is 1.87 bits per heavy atom. The molecule has 0 saturated carbocycles. The summed E-state index contributed by atoms with van der Waals surface area (Å²) in [4.78, 5) is 0. The Morgan fingerprint density at radius 3 is 2.57 bits per heavy atom. The first kappa shape index (κ1) is 15.2. The first-order valence-corrected chi connectivity index (χ1v) is 8.52. The maximum atomic E-state index is 12.9. The van der Waals surface area contributed by atoms with Crippen LogP contribution in [-0.2, 0) is 15.8 Å². The summed E-state index contributed by atoms with van der Waals surface area (Å²) in [6, 6.07) is 14.2. The third-order valence-corrected chi connectivity index (χ3v) is 4.48. The normalized spacial score (nSPS) is 11.3. The number of nitrogens with one attached hydrogen (secondary N) is 2. The third-order valence-electron chi connectivity index (χ3n) is 3.22. The van der Waals surface area contributed by atoms with Crippen LogP contribution in [0.4, 0.5) is 10.1 Å². The highest BCUT2D eigenvalue weighted by Gasteiger charge is 2.12. The Balaban J connectivity index is 1.78. The minimum Gasteiger partial charge on any atom is -0.283 e. The fourth-order valence-corrected chi connectivity index (χ4v) is 3.37. The number of hydrogen-bond acceptors (Lipinski definition) is 3. The van der Waals surface area contributed by atoms with Crippen LogP contribution in [-0.4, -0.2) is 18.6 Å². The van der Waals surface area contributed by atoms with E-state index in [-0.39, 0.29) is 5.75 Å². The number of aromatic amines is 1. The molecule has 2 aromatic carbocycles. The summed E-state index contributed by atoms with van der Waals surface area (Å²) in [7, 11) is -3.58. The van der Waals surface area contributed by atoms with E-state index in [0.29, 0.717) is 11.3 Å². The second-order valence-electron chi connectivity index (χ2n) is 5.04. The van der Waals surface area contributed by atoms with Gasteiger partial charge in [-0.25, -0.2) is 12.8 Å². The molecular weight excluding hydrogens is 317 g/mol. The molecule has 2 N–H and O–H groups in total. The molecule has 1 heterocycles. The molecule has 3 aromatic rings. The van der Waals surface area contributed by atoms with Crippen LogP contribution in [0.3, 0.4) is 0 Å². The van der Waals surface area contributed by atoms with Crippen LogP contribution in [0, 0.1) is 5.82 Å². The van der Waals surface area contributed by atoms with Gasteiger partial charge < -0.3 is 0 Å². The Bertz CT molecular complexity index is 891. The van der Waals surface area contributed by atoms with Crippen LogP contribution < -0.4 is 4.72 Å². The van der Waals surface area contributed by atoms with Gasteiger partial charge in [-0.3, -0.25) is 9.82 Å². The van der Waals surface area contributed by atoms with Crippen molar-refractivity contribution < 1.29 is 12.8 Å². The number of nitrogens with zero attached hydrogens (tertiary/aromatic N) is 1. The number of benzene rings is 2. The van der Waals surface area contributed by atoms with Gasteiger partial charge in [-0.05, 0) is 35.9 Å². The highest BCUT2D eigenvalue weighted by molar-refractivity contribution is 7.91. The molecule has 0 aliphatic rings. The maximum absolute atomic E-state index is 12.9. The van der Waals surface area contributed by atoms with Gasteiger partial charge in [0.2, 0.25) is 10.0 Å². The quantitative estimate of drug-likeness (QED) is 0.754. The van der Waals surface area contributed by atoms with Crippen LogP contribution in [0.1, 0.15) is 5.56 Å². The predicted molar refractivity (Wildman–Crippen MR) is 86.7 cm³/mol. The first-order chi connectivity index (χ1) is 11.0. The molecule has 3 rings (SSSR count). The Hall–Kier alpha value is -2.67. The van der Waals surface area contributed by atoms with Crippen LogP contribution in [0.15, 0.2) is 60.8 Å². The molecule has 5 nitrogen and oxygen atoms in total. The van der Waals surface area contributed by atoms with Crippen LogP contribution in [0.2, 0.25) is 0 Å². The van der Waals surface area contributed by atoms with Gasteiger partial charge in [0.15, 0.2) is 0 Å². The molecule has 0 aliphatic heterocycles. The highest BCUT2D eigenvalue weighted by Crippen LogP contribution is 2.21. The fourth-order valence-electron chi connectivity index (χ4n) is 2.18. The van der Waals surface area contributed by atoms with Gasteiger partial charge in [-0.1, -0.05) is 24.3 Å². The van der Waals surface area contributed by atoms with E-state index in [0.717, 1.165) is 11.3 Å². The van der Waals surface area contributed by atoms with Gasteiger partial charge in [0, 0.05) is 17.4 Å². The van der Waals surface area contributed by atoms with Crippen molar-refractivity contribution in [2.45, 2.75) is 5.75 Å². The summed E-state index contributed by atoms with van der Waals surface area (Å²) >= 11 is 0. The van der Waals surface area contributed by atoms with Crippen LogP contribution in [0.5, 0.6) is 0 Å². The summed E-state index contributed by atoms with van der Waals surface area (Å²) in [5, 5.41) is 6.70. The van der Waals surface area contributed by atoms with E-state index >= 15 is 0 Å². The summed E-state index contributed by atoms with van der Waals surface area (Å²) < 4.78 is 39.9. The second kappa shape index (κ2) is 6.21. The van der Waals surface area contributed by atoms with E-state index in [9.17, 15) is 12.8 Å². The number of hydrogen-bond donors (Lipinski definition) is 2. The van der Waals surface area contributed by atoms with Gasteiger partial charge >= 0.3 is 0 Å². The lowest BCUT2D eigenvalue weighted by molar-refractivity contribution is 0.600. The van der Waals surface area contributed by atoms with Crippen molar-refractivity contribution in [1.82, 2.24) is 10.2 Å². The third kappa shape index (κ3) is 3.95. The second-order valence-corrected chi connectivity index (χ2v) is 6.76. The zero-order valence-electron chi connectivity index (χ0n) is 12.0. The minimum atomic E-state index is -3.58. The molecule has 1 aromatic heterocycles. The van der Waals surface area contributed by atoms with Crippen molar-refractivity contribution in [3.05, 3.63) is 72.2 Å². The average molecular weight is 331 g/mol. The van der Waals surface area contributed by atoms with Crippen molar-refractivity contribution in [2.75, 3.05) is 4.72 Å². The number of rotatable bonds is 5. The SMILES string of the molecule is O=S(=O)(Cc1ccc(F)cc1)Nc1cccc(-c2ccn[nH]2)c1. The van der Waals surface area contributed by atoms with E-state index in [1.54, 1.807) is 30.5 Å². The standard InChI is InChI=1S/C16H14FN3O2S/c17-14-6-4-12(5-7-14)11-23(21,22)20-15-3-1-2-13(10-15)16-8-9-18-19-16/h1-10,20H,11H2,(H,18,19). The van der Waals surface area contributed by atoms with Gasteiger partial charge in [-0.2, -0.15) is 5.10 Å². The number of H-pyrrole nitrogens is 1. The monoisotopic (exact) mass is 331 g/mol. The van der Waals surface area contributed by atoms with Crippen molar-refractivity contribution in [1.29, 1.82) is 0 Å². The number of aromatic nitrogens is 2. The lowest BCUT2D eigenvalue weighted by Gasteiger charge is -2.09. The summed E-state index contributed by atoms with van der Waals surface area (Å²) in [6.07, 6.45) is 1.63. The van der Waals surface area contributed by atoms with Gasteiger partial charge in [0.25, 0.3) is 0 Å². The highest BCUT2D eigenvalue weighted by atomic mass is 32.2. The molecule has 0 bridgehead atoms. The summed E-state index contributed by atoms with van der Waals surface area (Å²) in [6.45, 7) is 0. The molecule has 0 saturated heterocycles. The molecular formula is C16H14FN3O2S. The summed E-state index contributed by atoms with van der Waals surface area (Å²) in [5.41, 5.74) is 2.59. The number of anilines is 1. The summed E-state index contributed by atoms with van der Waals surface area (Å²) in [5.74, 6) is -0.618. The zero-order valence-corrected chi connectivity index (χ0v) is 12.8. The minimum absolute atomic E-state index is 0.221. The van der Waals surface area contributed by atoms with E-state index in [1.165, 1.54) is 24.3 Å². The van der Waals surface area contributed by atoms with E-state index in [1.807, 2.05) is 6.07 Å². The lowest BCUT2D eigenvalue weighted by atomic mass is 10.1. The molecule has 0 fully saturated rings. The molecule has 0 radical (unpaired) electrons. The predicted octanol–water partition coefficient (Wildman–Crippen LogP) is 3.16. The van der Waals surface area contributed by atoms with Gasteiger partial charge in [0.05, 0.1) is 11.4 Å².